The van der Waals surface area contributed by atoms with Gasteiger partial charge in [0.1, 0.15) is 11.5 Å². The summed E-state index contributed by atoms with van der Waals surface area (Å²) in [5, 5.41) is 0.523. The van der Waals surface area contributed by atoms with Gasteiger partial charge in [-0.15, -0.1) is 0 Å². The zero-order chi connectivity index (χ0) is 23.0. The first kappa shape index (κ1) is 21.8. The molecule has 0 atom stereocenters. The predicted octanol–water partition coefficient (Wildman–Crippen LogP) is 4.87. The fraction of sp³-hybridized carbons (Fsp3) is 0.160. The van der Waals surface area contributed by atoms with E-state index in [9.17, 15) is 17.6 Å². The number of carbonyl (C=O) groups is 1. The molecule has 1 aromatic heterocycles. The van der Waals surface area contributed by atoms with Crippen LogP contribution in [0.1, 0.15) is 32.7 Å². The topological polar surface area (TPSA) is 68.2 Å². The molecule has 32 heavy (non-hydrogen) atoms. The third-order valence-corrected chi connectivity index (χ3v) is 6.88. The lowest BCUT2D eigenvalue weighted by atomic mass is 9.99. The molecule has 0 radical (unpaired) electrons. The maximum atomic E-state index is 13.9. The largest absolute Gasteiger partial charge is 0.332 e. The molecule has 4 rings (SSSR count). The predicted molar refractivity (Wildman–Crippen MR) is 123 cm³/mol. The van der Waals surface area contributed by atoms with Gasteiger partial charge in [-0.1, -0.05) is 35.9 Å². The Hall–Kier alpha value is -3.45. The van der Waals surface area contributed by atoms with E-state index < -0.39 is 21.7 Å². The molecule has 0 aliphatic rings. The molecule has 5 nitrogen and oxygen atoms in total. The van der Waals surface area contributed by atoms with Crippen molar-refractivity contribution in [3.05, 3.63) is 100 Å². The maximum absolute atomic E-state index is 13.9. The highest BCUT2D eigenvalue weighted by Crippen LogP contribution is 2.26. The van der Waals surface area contributed by atoms with Crippen molar-refractivity contribution in [3.63, 3.8) is 0 Å². The van der Waals surface area contributed by atoms with Crippen LogP contribution in [0.5, 0.6) is 0 Å². The number of benzene rings is 3. The summed E-state index contributed by atoms with van der Waals surface area (Å²) in [5.74, 6) is -1.20. The molecule has 0 spiro atoms. The molecule has 0 fully saturated rings. The zero-order valence-corrected chi connectivity index (χ0v) is 18.8. The molecule has 0 aliphatic heterocycles. The molecular formula is C25H23FN2O3S. The minimum Gasteiger partial charge on any atom is -0.332 e. The number of nitrogens with one attached hydrogen (secondary N) is 1. The average Bonchev–Trinajstić information content (AvgIpc) is 3.08. The maximum Gasteiger partial charge on any atom is 0.281 e. The van der Waals surface area contributed by atoms with Gasteiger partial charge in [0.2, 0.25) is 0 Å². The summed E-state index contributed by atoms with van der Waals surface area (Å²) in [7, 11) is -4.05. The van der Waals surface area contributed by atoms with Gasteiger partial charge < -0.3 is 4.57 Å². The Bertz CT molecular complexity index is 1420. The van der Waals surface area contributed by atoms with Gasteiger partial charge in [0, 0.05) is 17.4 Å². The van der Waals surface area contributed by atoms with Gasteiger partial charge >= 0.3 is 0 Å². The lowest BCUT2D eigenvalue weighted by Gasteiger charge is -2.16. The molecule has 1 N–H and O–H groups in total. The van der Waals surface area contributed by atoms with E-state index in [1.807, 2.05) is 20.8 Å². The van der Waals surface area contributed by atoms with Crippen LogP contribution in [-0.4, -0.2) is 18.9 Å². The summed E-state index contributed by atoms with van der Waals surface area (Å²) in [4.78, 5) is 13.1. The Labute approximate surface area is 186 Å². The Morgan fingerprint density at radius 1 is 0.938 bits per heavy atom. The van der Waals surface area contributed by atoms with Crippen LogP contribution in [0.15, 0.2) is 71.6 Å². The molecule has 1 amide bonds. The van der Waals surface area contributed by atoms with Crippen molar-refractivity contribution in [1.29, 1.82) is 0 Å². The Kier molecular flexibility index (Phi) is 5.60. The number of fused-ring (bicyclic) bond motifs is 1. The lowest BCUT2D eigenvalue weighted by Crippen LogP contribution is -2.32. The van der Waals surface area contributed by atoms with Gasteiger partial charge in [0.25, 0.3) is 15.9 Å². The zero-order valence-electron chi connectivity index (χ0n) is 18.0. The fourth-order valence-electron chi connectivity index (χ4n) is 4.05. The van der Waals surface area contributed by atoms with Crippen molar-refractivity contribution in [3.8, 4) is 0 Å². The van der Waals surface area contributed by atoms with Crippen LogP contribution < -0.4 is 4.72 Å². The van der Waals surface area contributed by atoms with Crippen LogP contribution in [0.3, 0.4) is 0 Å². The van der Waals surface area contributed by atoms with Crippen LogP contribution in [0.4, 0.5) is 4.39 Å². The van der Waals surface area contributed by atoms with E-state index in [1.54, 1.807) is 28.8 Å². The number of rotatable bonds is 5. The number of carbonyl (C=O) groups excluding carboxylic acids is 1. The number of halogens is 1. The number of aromatic nitrogens is 1. The third-order valence-electron chi connectivity index (χ3n) is 5.53. The summed E-state index contributed by atoms with van der Waals surface area (Å²) in [6.45, 7) is 6.37. The molecule has 0 aliphatic carbocycles. The molecule has 0 saturated heterocycles. The lowest BCUT2D eigenvalue weighted by molar-refractivity contribution is 0.0973. The molecule has 7 heteroatoms. The first-order valence-electron chi connectivity index (χ1n) is 10.1. The van der Waals surface area contributed by atoms with Gasteiger partial charge in [-0.25, -0.2) is 17.5 Å². The average molecular weight is 451 g/mol. The van der Waals surface area contributed by atoms with E-state index >= 15 is 0 Å². The van der Waals surface area contributed by atoms with E-state index in [-0.39, 0.29) is 10.6 Å². The van der Waals surface area contributed by atoms with Gasteiger partial charge in [-0.3, -0.25) is 4.79 Å². The van der Waals surface area contributed by atoms with Crippen LogP contribution in [-0.2, 0) is 16.6 Å². The summed E-state index contributed by atoms with van der Waals surface area (Å²) < 4.78 is 43.1. The fourth-order valence-corrected chi connectivity index (χ4v) is 5.03. The van der Waals surface area contributed by atoms with Crippen molar-refractivity contribution in [2.45, 2.75) is 32.2 Å². The first-order chi connectivity index (χ1) is 15.2. The van der Waals surface area contributed by atoms with E-state index in [2.05, 4.69) is 16.9 Å². The second-order valence-corrected chi connectivity index (χ2v) is 9.63. The summed E-state index contributed by atoms with van der Waals surface area (Å²) >= 11 is 0. The molecule has 164 valence electrons. The van der Waals surface area contributed by atoms with Crippen molar-refractivity contribution in [2.75, 3.05) is 0 Å². The summed E-state index contributed by atoms with van der Waals surface area (Å²) in [6.07, 6.45) is 0. The minimum absolute atomic E-state index is 0.00715. The molecular weight excluding hydrogens is 427 g/mol. The standard InChI is InChI=1S/C25H23FN2O3S/c1-16-11-17(2)22(18(3)12-16)15-28-23-10-9-20(26)13-19(23)14-24(28)25(29)27-32(30,31)21-7-5-4-6-8-21/h4-14H,15H2,1-3H3,(H,27,29). The van der Waals surface area contributed by atoms with E-state index in [1.165, 1.54) is 30.3 Å². The highest BCUT2D eigenvalue weighted by atomic mass is 32.2. The number of amides is 1. The molecule has 0 bridgehead atoms. The number of sulfonamides is 1. The monoisotopic (exact) mass is 450 g/mol. The summed E-state index contributed by atoms with van der Waals surface area (Å²) in [5.41, 5.74) is 5.08. The number of hydrogen-bond donors (Lipinski definition) is 1. The summed E-state index contributed by atoms with van der Waals surface area (Å²) in [6, 6.07) is 17.6. The molecule has 0 unspecified atom stereocenters. The van der Waals surface area contributed by atoms with Gasteiger partial charge in [0.05, 0.1) is 4.90 Å². The van der Waals surface area contributed by atoms with Gasteiger partial charge in [-0.2, -0.15) is 0 Å². The van der Waals surface area contributed by atoms with Crippen molar-refractivity contribution >= 4 is 26.8 Å². The Morgan fingerprint density at radius 2 is 1.59 bits per heavy atom. The second kappa shape index (κ2) is 8.24. The van der Waals surface area contributed by atoms with Crippen molar-refractivity contribution in [1.82, 2.24) is 9.29 Å². The third kappa shape index (κ3) is 4.16. The van der Waals surface area contributed by atoms with Crippen LogP contribution in [0.25, 0.3) is 10.9 Å². The smallest absolute Gasteiger partial charge is 0.281 e. The molecule has 0 saturated carbocycles. The highest BCUT2D eigenvalue weighted by Gasteiger charge is 2.23. The minimum atomic E-state index is -4.05. The van der Waals surface area contributed by atoms with E-state index in [0.717, 1.165) is 22.3 Å². The molecule has 4 aromatic rings. The number of aryl methyl sites for hydroxylation is 3. The quantitative estimate of drug-likeness (QED) is 0.472. The van der Waals surface area contributed by atoms with Crippen LogP contribution >= 0.6 is 0 Å². The van der Waals surface area contributed by atoms with E-state index in [4.69, 9.17) is 0 Å². The van der Waals surface area contributed by atoms with E-state index in [0.29, 0.717) is 17.4 Å². The van der Waals surface area contributed by atoms with Crippen LogP contribution in [0, 0.1) is 26.6 Å². The highest BCUT2D eigenvalue weighted by molar-refractivity contribution is 7.90. The second-order valence-electron chi connectivity index (χ2n) is 7.94. The number of hydrogen-bond acceptors (Lipinski definition) is 3. The SMILES string of the molecule is Cc1cc(C)c(Cn2c(C(=O)NS(=O)(=O)c3ccccc3)cc3cc(F)ccc32)c(C)c1. The van der Waals surface area contributed by atoms with Crippen LogP contribution in [0.2, 0.25) is 0 Å². The first-order valence-corrected chi connectivity index (χ1v) is 11.6. The van der Waals surface area contributed by atoms with Gasteiger partial charge in [-0.05, 0) is 73.9 Å². The normalized spacial score (nSPS) is 11.6. The van der Waals surface area contributed by atoms with Crippen molar-refractivity contribution in [2.24, 2.45) is 0 Å². The number of nitrogens with zero attached hydrogens (tertiary/aromatic N) is 1. The molecule has 1 heterocycles. The molecule has 3 aromatic carbocycles. The van der Waals surface area contributed by atoms with Crippen molar-refractivity contribution < 1.29 is 17.6 Å². The Morgan fingerprint density at radius 3 is 2.25 bits per heavy atom. The Balaban J connectivity index is 1.80. The van der Waals surface area contributed by atoms with Gasteiger partial charge in [0.15, 0.2) is 0 Å².